The molecule has 2 heterocycles. The lowest BCUT2D eigenvalue weighted by Gasteiger charge is -2.13. The Morgan fingerprint density at radius 3 is 2.88 bits per heavy atom. The van der Waals surface area contributed by atoms with Crippen molar-refractivity contribution < 1.29 is 0 Å². The second-order valence-corrected chi connectivity index (χ2v) is 6.47. The van der Waals surface area contributed by atoms with Gasteiger partial charge >= 0.3 is 0 Å². The second-order valence-electron chi connectivity index (χ2n) is 5.39. The molecule has 1 aliphatic heterocycles. The van der Waals surface area contributed by atoms with Crippen LogP contribution in [-0.4, -0.2) is 27.3 Å². The summed E-state index contributed by atoms with van der Waals surface area (Å²) in [5.41, 5.74) is 7.34. The van der Waals surface area contributed by atoms with Gasteiger partial charge in [0.05, 0.1) is 11.7 Å². The van der Waals surface area contributed by atoms with Crippen molar-refractivity contribution in [2.24, 2.45) is 11.7 Å². The molecule has 2 atom stereocenters. The highest BCUT2D eigenvalue weighted by Crippen LogP contribution is 2.30. The number of hydrogen-bond acceptors (Lipinski definition) is 3. The lowest BCUT2D eigenvalue weighted by atomic mass is 9.99. The van der Waals surface area contributed by atoms with Gasteiger partial charge in [-0.05, 0) is 37.0 Å². The third kappa shape index (κ3) is 2.52. The molecule has 0 bridgehead atoms. The molecule has 2 unspecified atom stereocenters. The van der Waals surface area contributed by atoms with E-state index in [0.29, 0.717) is 18.0 Å². The van der Waals surface area contributed by atoms with Gasteiger partial charge in [0.25, 0.3) is 0 Å². The van der Waals surface area contributed by atoms with Crippen LogP contribution >= 0.6 is 11.8 Å². The van der Waals surface area contributed by atoms with Gasteiger partial charge < -0.3 is 5.73 Å². The van der Waals surface area contributed by atoms with Crippen molar-refractivity contribution in [2.75, 3.05) is 11.5 Å². The molecule has 3 rings (SSSR count). The predicted molar refractivity (Wildman–Crippen MR) is 72.2 cm³/mol. The summed E-state index contributed by atoms with van der Waals surface area (Å²) in [6, 6.07) is 3.22. The number of aromatic nitrogens is 2. The first kappa shape index (κ1) is 11.6. The zero-order chi connectivity index (χ0) is 11.7. The number of rotatable bonds is 3. The van der Waals surface area contributed by atoms with E-state index in [-0.39, 0.29) is 0 Å². The van der Waals surface area contributed by atoms with Crippen LogP contribution in [0.25, 0.3) is 0 Å². The molecule has 17 heavy (non-hydrogen) atoms. The molecule has 2 N–H and O–H groups in total. The van der Waals surface area contributed by atoms with Crippen molar-refractivity contribution in [3.63, 3.8) is 0 Å². The number of hydrogen-bond donors (Lipinski definition) is 1. The van der Waals surface area contributed by atoms with Crippen molar-refractivity contribution in [3.05, 3.63) is 18.0 Å². The molecule has 0 aromatic carbocycles. The highest BCUT2D eigenvalue weighted by Gasteiger charge is 2.25. The third-order valence-electron chi connectivity index (χ3n) is 4.08. The lowest BCUT2D eigenvalue weighted by molar-refractivity contribution is 0.453. The topological polar surface area (TPSA) is 43.8 Å². The van der Waals surface area contributed by atoms with Crippen LogP contribution in [0, 0.1) is 5.92 Å². The van der Waals surface area contributed by atoms with Crippen molar-refractivity contribution in [1.29, 1.82) is 0 Å². The third-order valence-corrected chi connectivity index (χ3v) is 5.37. The first-order chi connectivity index (χ1) is 8.33. The maximum atomic E-state index is 6.10. The zero-order valence-electron chi connectivity index (χ0n) is 10.2. The van der Waals surface area contributed by atoms with E-state index < -0.39 is 0 Å². The molecular formula is C13H21N3S. The molecule has 4 heteroatoms. The lowest BCUT2D eigenvalue weighted by Crippen LogP contribution is -2.29. The summed E-state index contributed by atoms with van der Waals surface area (Å²) >= 11 is 1.98. The minimum Gasteiger partial charge on any atom is -0.327 e. The predicted octanol–water partition coefficient (Wildman–Crippen LogP) is 2.23. The SMILES string of the molecule is NC1CSCC1Cc1ccn(C2CCCC2)n1. The molecule has 94 valence electrons. The molecule has 2 fully saturated rings. The highest BCUT2D eigenvalue weighted by molar-refractivity contribution is 7.99. The van der Waals surface area contributed by atoms with Gasteiger partial charge in [-0.2, -0.15) is 16.9 Å². The zero-order valence-corrected chi connectivity index (χ0v) is 11.0. The van der Waals surface area contributed by atoms with Crippen molar-refractivity contribution >= 4 is 11.8 Å². The quantitative estimate of drug-likeness (QED) is 0.896. The fraction of sp³-hybridized carbons (Fsp3) is 0.769. The van der Waals surface area contributed by atoms with Gasteiger partial charge in [-0.25, -0.2) is 0 Å². The Bertz CT molecular complexity index is 370. The number of nitrogens with zero attached hydrogens (tertiary/aromatic N) is 2. The fourth-order valence-electron chi connectivity index (χ4n) is 2.95. The van der Waals surface area contributed by atoms with E-state index in [0.717, 1.165) is 12.2 Å². The normalized spacial score (nSPS) is 30.2. The summed E-state index contributed by atoms with van der Waals surface area (Å²) in [6.45, 7) is 0. The number of thioether (sulfide) groups is 1. The van der Waals surface area contributed by atoms with Gasteiger partial charge in [0.1, 0.15) is 0 Å². The van der Waals surface area contributed by atoms with Crippen LogP contribution in [0.1, 0.15) is 37.4 Å². The van der Waals surface area contributed by atoms with Crippen LogP contribution in [-0.2, 0) is 6.42 Å². The Morgan fingerprint density at radius 1 is 1.35 bits per heavy atom. The molecule has 1 aromatic heterocycles. The Labute approximate surface area is 107 Å². The maximum Gasteiger partial charge on any atom is 0.0628 e. The van der Waals surface area contributed by atoms with E-state index in [4.69, 9.17) is 10.8 Å². The molecule has 0 radical (unpaired) electrons. The molecule has 2 aliphatic rings. The van der Waals surface area contributed by atoms with Crippen LogP contribution in [0.15, 0.2) is 12.3 Å². The summed E-state index contributed by atoms with van der Waals surface area (Å²) in [7, 11) is 0. The van der Waals surface area contributed by atoms with Gasteiger partial charge in [-0.15, -0.1) is 0 Å². The van der Waals surface area contributed by atoms with Gasteiger partial charge in [-0.3, -0.25) is 4.68 Å². The average Bonchev–Trinajstić information content (AvgIpc) is 3.02. The van der Waals surface area contributed by atoms with Crippen LogP contribution in [0.4, 0.5) is 0 Å². The maximum absolute atomic E-state index is 6.10. The molecule has 3 nitrogen and oxygen atoms in total. The molecule has 0 amide bonds. The van der Waals surface area contributed by atoms with E-state index in [2.05, 4.69) is 16.9 Å². The summed E-state index contributed by atoms with van der Waals surface area (Å²) in [6.07, 6.45) is 8.57. The van der Waals surface area contributed by atoms with Crippen molar-refractivity contribution in [1.82, 2.24) is 9.78 Å². The Morgan fingerprint density at radius 2 is 2.18 bits per heavy atom. The van der Waals surface area contributed by atoms with E-state index in [1.165, 1.54) is 37.1 Å². The van der Waals surface area contributed by atoms with Crippen LogP contribution in [0.5, 0.6) is 0 Å². The van der Waals surface area contributed by atoms with Gasteiger partial charge in [-0.1, -0.05) is 12.8 Å². The summed E-state index contributed by atoms with van der Waals surface area (Å²) < 4.78 is 2.19. The largest absolute Gasteiger partial charge is 0.327 e. The van der Waals surface area contributed by atoms with Crippen LogP contribution in [0.3, 0.4) is 0 Å². The molecule has 1 saturated carbocycles. The molecule has 1 aromatic rings. The Balaban J connectivity index is 1.63. The summed E-state index contributed by atoms with van der Waals surface area (Å²) in [5, 5.41) is 4.74. The Kier molecular flexibility index (Phi) is 3.43. The van der Waals surface area contributed by atoms with Crippen LogP contribution in [0.2, 0.25) is 0 Å². The van der Waals surface area contributed by atoms with Crippen molar-refractivity contribution in [3.8, 4) is 0 Å². The second kappa shape index (κ2) is 5.02. The molecular weight excluding hydrogens is 230 g/mol. The smallest absolute Gasteiger partial charge is 0.0628 e. The van der Waals surface area contributed by atoms with E-state index in [1.807, 2.05) is 11.8 Å². The summed E-state index contributed by atoms with van der Waals surface area (Å²) in [5.74, 6) is 2.96. The standard InChI is InChI=1S/C13H21N3S/c14-13-9-17-8-10(13)7-11-5-6-16(15-11)12-3-1-2-4-12/h5-6,10,12-13H,1-4,7-9,14H2. The molecule has 1 aliphatic carbocycles. The fourth-order valence-corrected chi connectivity index (χ4v) is 4.30. The average molecular weight is 251 g/mol. The Hall–Kier alpha value is -0.480. The van der Waals surface area contributed by atoms with Gasteiger partial charge in [0, 0.05) is 18.0 Å². The summed E-state index contributed by atoms with van der Waals surface area (Å²) in [4.78, 5) is 0. The van der Waals surface area contributed by atoms with Crippen LogP contribution < -0.4 is 5.73 Å². The minimum absolute atomic E-state index is 0.372. The minimum atomic E-state index is 0.372. The van der Waals surface area contributed by atoms with Gasteiger partial charge in [0.15, 0.2) is 0 Å². The first-order valence-electron chi connectivity index (χ1n) is 6.70. The highest BCUT2D eigenvalue weighted by atomic mass is 32.2. The van der Waals surface area contributed by atoms with E-state index in [9.17, 15) is 0 Å². The first-order valence-corrected chi connectivity index (χ1v) is 7.86. The molecule has 1 saturated heterocycles. The van der Waals surface area contributed by atoms with E-state index >= 15 is 0 Å². The molecule has 0 spiro atoms. The van der Waals surface area contributed by atoms with Crippen molar-refractivity contribution in [2.45, 2.75) is 44.2 Å². The van der Waals surface area contributed by atoms with Gasteiger partial charge in [0.2, 0.25) is 0 Å². The van der Waals surface area contributed by atoms with E-state index in [1.54, 1.807) is 0 Å². The number of nitrogens with two attached hydrogens (primary N) is 1. The monoisotopic (exact) mass is 251 g/mol.